The number of aliphatic hydroxyl groups is 1. The molecule has 7 heteroatoms. The molecule has 1 aromatic carbocycles. The molecule has 0 unspecified atom stereocenters. The average Bonchev–Trinajstić information content (AvgIpc) is 2.72. The summed E-state index contributed by atoms with van der Waals surface area (Å²) >= 11 is 12.4. The molecule has 2 aliphatic rings. The molecule has 118 valence electrons. The fourth-order valence-corrected chi connectivity index (χ4v) is 3.65. The summed E-state index contributed by atoms with van der Waals surface area (Å²) in [4.78, 5) is 17.6. The molecule has 22 heavy (non-hydrogen) atoms. The van der Waals surface area contributed by atoms with Crippen LogP contribution in [0, 0.1) is 0 Å². The number of rotatable bonds is 2. The number of benzene rings is 1. The van der Waals surface area contributed by atoms with Gasteiger partial charge in [0.05, 0.1) is 22.7 Å². The molecule has 2 N–H and O–H groups in total. The van der Waals surface area contributed by atoms with E-state index >= 15 is 0 Å². The molecule has 5 nitrogen and oxygen atoms in total. The number of hydrogen-bond donors (Lipinski definition) is 2. The number of nitrogens with one attached hydrogen (secondary N) is 1. The summed E-state index contributed by atoms with van der Waals surface area (Å²) in [5.41, 5.74) is -0.211. The number of nitrogens with zero attached hydrogens (tertiary/aromatic N) is 1. The smallest absolute Gasteiger partial charge is 0.256 e. The highest BCUT2D eigenvalue weighted by atomic mass is 35.5. The fraction of sp³-hybridized carbons (Fsp3) is 0.400. The summed E-state index contributed by atoms with van der Waals surface area (Å²) in [5, 5.41) is 16.1. The van der Waals surface area contributed by atoms with Gasteiger partial charge in [-0.1, -0.05) is 29.3 Å². The molecule has 0 aliphatic carbocycles. The summed E-state index contributed by atoms with van der Waals surface area (Å²) in [6, 6.07) is 5.00. The highest BCUT2D eigenvalue weighted by molar-refractivity contribution is 6.41. The second-order valence-corrected chi connectivity index (χ2v) is 6.28. The van der Waals surface area contributed by atoms with Crippen molar-refractivity contribution in [3.05, 3.63) is 39.6 Å². The van der Waals surface area contributed by atoms with Crippen LogP contribution in [-0.2, 0) is 9.63 Å². The molecule has 1 amide bonds. The second kappa shape index (κ2) is 5.74. The molecule has 1 fully saturated rings. The van der Waals surface area contributed by atoms with Crippen LogP contribution < -0.4 is 5.32 Å². The number of hydrogen-bond acceptors (Lipinski definition) is 4. The topological polar surface area (TPSA) is 61.8 Å². The number of hydroxylamine groups is 2. The monoisotopic (exact) mass is 342 g/mol. The van der Waals surface area contributed by atoms with Gasteiger partial charge in [0.2, 0.25) is 0 Å². The number of aliphatic hydroxyl groups excluding tert-OH is 1. The average molecular weight is 343 g/mol. The molecule has 0 saturated carbocycles. The van der Waals surface area contributed by atoms with E-state index < -0.39 is 5.54 Å². The number of carbonyl (C=O) groups is 1. The Balaban J connectivity index is 2.03. The van der Waals surface area contributed by atoms with Gasteiger partial charge in [-0.05, 0) is 25.0 Å². The van der Waals surface area contributed by atoms with Crippen molar-refractivity contribution in [3.63, 3.8) is 0 Å². The van der Waals surface area contributed by atoms with Crippen LogP contribution in [0.15, 0.2) is 24.0 Å². The zero-order valence-electron chi connectivity index (χ0n) is 12.0. The van der Waals surface area contributed by atoms with E-state index in [2.05, 4.69) is 5.32 Å². The Morgan fingerprint density at radius 2 is 1.86 bits per heavy atom. The Hall–Kier alpha value is -1.27. The normalized spacial score (nSPS) is 21.5. The van der Waals surface area contributed by atoms with Crippen molar-refractivity contribution in [2.45, 2.75) is 18.4 Å². The molecule has 0 aromatic heterocycles. The minimum absolute atomic E-state index is 0.0169. The van der Waals surface area contributed by atoms with Crippen LogP contribution >= 0.6 is 23.2 Å². The van der Waals surface area contributed by atoms with Gasteiger partial charge in [0.25, 0.3) is 5.91 Å². The SMILES string of the molecule is CON1CCC2(CC1)NC(=O)C(c1c(Cl)cccc1Cl)=C2O. The first kappa shape index (κ1) is 15.6. The van der Waals surface area contributed by atoms with Crippen molar-refractivity contribution < 1.29 is 14.7 Å². The molecule has 1 aromatic rings. The van der Waals surface area contributed by atoms with E-state index in [-0.39, 0.29) is 17.2 Å². The van der Waals surface area contributed by atoms with Crippen LogP contribution in [0.2, 0.25) is 10.0 Å². The Morgan fingerprint density at radius 3 is 2.41 bits per heavy atom. The van der Waals surface area contributed by atoms with Gasteiger partial charge in [0, 0.05) is 18.7 Å². The van der Waals surface area contributed by atoms with Crippen LogP contribution in [0.3, 0.4) is 0 Å². The van der Waals surface area contributed by atoms with Crippen molar-refractivity contribution in [2.24, 2.45) is 0 Å². The van der Waals surface area contributed by atoms with Gasteiger partial charge in [-0.2, -0.15) is 5.06 Å². The number of halogens is 2. The van der Waals surface area contributed by atoms with E-state index in [9.17, 15) is 9.90 Å². The fourth-order valence-electron chi connectivity index (χ4n) is 3.07. The van der Waals surface area contributed by atoms with Crippen molar-refractivity contribution in [3.8, 4) is 0 Å². The molecule has 1 spiro atoms. The maximum absolute atomic E-state index is 12.4. The predicted octanol–water partition coefficient (Wildman–Crippen LogP) is 2.79. The molecular formula is C15H16Cl2N2O3. The number of piperidine rings is 1. The predicted molar refractivity (Wildman–Crippen MR) is 84.7 cm³/mol. The molecule has 2 heterocycles. The molecule has 0 atom stereocenters. The van der Waals surface area contributed by atoms with Crippen LogP contribution in [0.25, 0.3) is 5.57 Å². The summed E-state index contributed by atoms with van der Waals surface area (Å²) in [7, 11) is 1.61. The highest BCUT2D eigenvalue weighted by Crippen LogP contribution is 2.42. The van der Waals surface area contributed by atoms with E-state index in [0.717, 1.165) is 0 Å². The summed E-state index contributed by atoms with van der Waals surface area (Å²) < 4.78 is 0. The van der Waals surface area contributed by atoms with Crippen molar-refractivity contribution in [2.75, 3.05) is 20.2 Å². The Morgan fingerprint density at radius 1 is 1.27 bits per heavy atom. The summed E-state index contributed by atoms with van der Waals surface area (Å²) in [6.07, 6.45) is 1.12. The molecular weight excluding hydrogens is 327 g/mol. The maximum Gasteiger partial charge on any atom is 0.256 e. The van der Waals surface area contributed by atoms with Crippen LogP contribution in [0.4, 0.5) is 0 Å². The maximum atomic E-state index is 12.4. The first-order valence-electron chi connectivity index (χ1n) is 6.98. The molecule has 2 aliphatic heterocycles. The zero-order chi connectivity index (χ0) is 15.9. The Labute approximate surface area is 138 Å². The third kappa shape index (κ3) is 2.38. The summed E-state index contributed by atoms with van der Waals surface area (Å²) in [6.45, 7) is 1.23. The van der Waals surface area contributed by atoms with Crippen molar-refractivity contribution >= 4 is 34.7 Å². The zero-order valence-corrected chi connectivity index (χ0v) is 13.5. The van der Waals surface area contributed by atoms with Gasteiger partial charge in [0.1, 0.15) is 11.3 Å². The lowest BCUT2D eigenvalue weighted by molar-refractivity contribution is -0.152. The highest BCUT2D eigenvalue weighted by Gasteiger charge is 2.48. The lowest BCUT2D eigenvalue weighted by Crippen LogP contribution is -2.52. The van der Waals surface area contributed by atoms with E-state index in [0.29, 0.717) is 41.5 Å². The number of amides is 1. The Bertz CT molecular complexity index is 632. The van der Waals surface area contributed by atoms with Gasteiger partial charge in [-0.3, -0.25) is 4.79 Å². The van der Waals surface area contributed by atoms with Crippen LogP contribution in [0.5, 0.6) is 0 Å². The van der Waals surface area contributed by atoms with E-state index in [1.165, 1.54) is 0 Å². The Kier molecular flexibility index (Phi) is 4.07. The van der Waals surface area contributed by atoms with E-state index in [4.69, 9.17) is 28.0 Å². The largest absolute Gasteiger partial charge is 0.509 e. The molecule has 3 rings (SSSR count). The minimum Gasteiger partial charge on any atom is -0.509 e. The first-order chi connectivity index (χ1) is 10.5. The van der Waals surface area contributed by atoms with Gasteiger partial charge in [-0.25, -0.2) is 0 Å². The first-order valence-corrected chi connectivity index (χ1v) is 7.74. The van der Waals surface area contributed by atoms with Gasteiger partial charge in [-0.15, -0.1) is 0 Å². The van der Waals surface area contributed by atoms with Gasteiger partial charge in [0.15, 0.2) is 0 Å². The lowest BCUT2D eigenvalue weighted by atomic mass is 9.86. The van der Waals surface area contributed by atoms with E-state index in [1.807, 2.05) is 0 Å². The van der Waals surface area contributed by atoms with Gasteiger partial charge >= 0.3 is 0 Å². The van der Waals surface area contributed by atoms with E-state index in [1.54, 1.807) is 30.4 Å². The molecule has 0 radical (unpaired) electrons. The molecule has 0 bridgehead atoms. The number of carbonyl (C=O) groups excluding carboxylic acids is 1. The van der Waals surface area contributed by atoms with Crippen LogP contribution in [0.1, 0.15) is 18.4 Å². The third-order valence-electron chi connectivity index (χ3n) is 4.32. The molecule has 1 saturated heterocycles. The van der Waals surface area contributed by atoms with Gasteiger partial charge < -0.3 is 15.3 Å². The lowest BCUT2D eigenvalue weighted by Gasteiger charge is -2.37. The van der Waals surface area contributed by atoms with Crippen molar-refractivity contribution in [1.82, 2.24) is 10.4 Å². The van der Waals surface area contributed by atoms with Crippen LogP contribution in [-0.4, -0.2) is 41.8 Å². The minimum atomic E-state index is -0.760. The van der Waals surface area contributed by atoms with Crippen molar-refractivity contribution in [1.29, 1.82) is 0 Å². The second-order valence-electron chi connectivity index (χ2n) is 5.47. The summed E-state index contributed by atoms with van der Waals surface area (Å²) in [5.74, 6) is -0.332. The quantitative estimate of drug-likeness (QED) is 0.867. The third-order valence-corrected chi connectivity index (χ3v) is 4.95. The standard InChI is InChI=1S/C15H16Cl2N2O3/c1-22-19-7-5-15(6-8-19)13(20)12(14(21)18-15)11-9(16)3-2-4-10(11)17/h2-4,20H,5-8H2,1H3,(H,18,21).